The van der Waals surface area contributed by atoms with Crippen LogP contribution in [0.25, 0.3) is 11.0 Å². The van der Waals surface area contributed by atoms with E-state index in [2.05, 4.69) is 5.32 Å². The summed E-state index contributed by atoms with van der Waals surface area (Å²) in [6.45, 7) is 4.20. The fourth-order valence-corrected chi connectivity index (χ4v) is 4.33. The minimum absolute atomic E-state index is 0.0628. The van der Waals surface area contributed by atoms with Gasteiger partial charge in [0.1, 0.15) is 12.2 Å². The van der Waals surface area contributed by atoms with Crippen molar-refractivity contribution in [1.29, 1.82) is 0 Å². The molecule has 1 aliphatic rings. The first-order valence-electron chi connectivity index (χ1n) is 10.7. The Kier molecular flexibility index (Phi) is 5.13. The molecule has 0 saturated carbocycles. The minimum Gasteiger partial charge on any atom is -0.493 e. The predicted octanol–water partition coefficient (Wildman–Crippen LogP) is 4.83. The second-order valence-corrected chi connectivity index (χ2v) is 8.22. The molecule has 33 heavy (non-hydrogen) atoms. The van der Waals surface area contributed by atoms with E-state index in [-0.39, 0.29) is 11.2 Å². The SMILES string of the molecule is COc1cc(C2NC(=O)c3oc4c(C)cc(C)cc4c(=O)c32)ccc1OCc1ccccc1. The Labute approximate surface area is 190 Å². The second kappa shape index (κ2) is 8.13. The molecule has 4 aromatic rings. The van der Waals surface area contributed by atoms with Crippen LogP contribution in [-0.4, -0.2) is 13.0 Å². The van der Waals surface area contributed by atoms with Gasteiger partial charge in [0.25, 0.3) is 5.91 Å². The van der Waals surface area contributed by atoms with Crippen molar-refractivity contribution < 1.29 is 18.7 Å². The monoisotopic (exact) mass is 441 g/mol. The molecule has 1 atom stereocenters. The van der Waals surface area contributed by atoms with Crippen molar-refractivity contribution in [3.8, 4) is 11.5 Å². The summed E-state index contributed by atoms with van der Waals surface area (Å²) in [5.74, 6) is 0.750. The van der Waals surface area contributed by atoms with Gasteiger partial charge in [-0.25, -0.2) is 0 Å². The normalized spacial score (nSPS) is 14.8. The molecule has 1 unspecified atom stereocenters. The molecule has 1 amide bonds. The minimum atomic E-state index is -0.633. The lowest BCUT2D eigenvalue weighted by Crippen LogP contribution is -2.22. The highest BCUT2D eigenvalue weighted by molar-refractivity contribution is 5.99. The summed E-state index contributed by atoms with van der Waals surface area (Å²) in [4.78, 5) is 26.1. The van der Waals surface area contributed by atoms with Crippen LogP contribution in [0.15, 0.2) is 69.9 Å². The summed E-state index contributed by atoms with van der Waals surface area (Å²) in [6.07, 6.45) is 0. The van der Waals surface area contributed by atoms with Crippen LogP contribution < -0.4 is 20.2 Å². The van der Waals surface area contributed by atoms with Crippen LogP contribution in [-0.2, 0) is 6.61 Å². The maximum Gasteiger partial charge on any atom is 0.288 e. The standard InChI is InChI=1S/C27H23NO5/c1-15-11-16(2)25-19(12-15)24(29)22-23(28-27(30)26(22)33-25)18-9-10-20(21(13-18)31-3)32-14-17-7-5-4-6-8-17/h4-13,23H,14H2,1-3H3,(H,28,30). The van der Waals surface area contributed by atoms with E-state index >= 15 is 0 Å². The molecule has 5 rings (SSSR count). The van der Waals surface area contributed by atoms with Crippen molar-refractivity contribution in [2.75, 3.05) is 7.11 Å². The van der Waals surface area contributed by atoms with Crippen LogP contribution in [0.2, 0.25) is 0 Å². The fourth-order valence-electron chi connectivity index (χ4n) is 4.33. The molecule has 0 spiro atoms. The Balaban J connectivity index is 1.54. The van der Waals surface area contributed by atoms with E-state index in [0.717, 1.165) is 16.7 Å². The van der Waals surface area contributed by atoms with Gasteiger partial charge in [-0.1, -0.05) is 42.5 Å². The molecule has 0 radical (unpaired) electrons. The molecule has 166 valence electrons. The quantitative estimate of drug-likeness (QED) is 0.480. The van der Waals surface area contributed by atoms with Crippen molar-refractivity contribution in [2.45, 2.75) is 26.5 Å². The second-order valence-electron chi connectivity index (χ2n) is 8.22. The first-order chi connectivity index (χ1) is 16.0. The third-order valence-electron chi connectivity index (χ3n) is 5.89. The third-order valence-corrected chi connectivity index (χ3v) is 5.89. The zero-order valence-electron chi connectivity index (χ0n) is 18.6. The van der Waals surface area contributed by atoms with Crippen LogP contribution in [0.5, 0.6) is 11.5 Å². The molecule has 3 aromatic carbocycles. The molecule has 1 N–H and O–H groups in total. The Bertz CT molecular complexity index is 1440. The predicted molar refractivity (Wildman–Crippen MR) is 125 cm³/mol. The Morgan fingerprint density at radius 3 is 2.52 bits per heavy atom. The van der Waals surface area contributed by atoms with Gasteiger partial charge in [0.2, 0.25) is 5.76 Å². The van der Waals surface area contributed by atoms with Gasteiger partial charge in [0.05, 0.1) is 24.1 Å². The molecule has 2 heterocycles. The molecule has 6 nitrogen and oxygen atoms in total. The maximum absolute atomic E-state index is 13.4. The van der Waals surface area contributed by atoms with Crippen LogP contribution >= 0.6 is 0 Å². The summed E-state index contributed by atoms with van der Waals surface area (Å²) in [7, 11) is 1.56. The largest absolute Gasteiger partial charge is 0.493 e. The third kappa shape index (κ3) is 3.63. The van der Waals surface area contributed by atoms with E-state index in [1.165, 1.54) is 0 Å². The number of carbonyl (C=O) groups is 1. The first-order valence-corrected chi connectivity index (χ1v) is 10.7. The number of aryl methyl sites for hydroxylation is 2. The van der Waals surface area contributed by atoms with Gasteiger partial charge in [0, 0.05) is 0 Å². The van der Waals surface area contributed by atoms with Gasteiger partial charge in [-0.3, -0.25) is 9.59 Å². The van der Waals surface area contributed by atoms with E-state index in [9.17, 15) is 9.59 Å². The maximum atomic E-state index is 13.4. The van der Waals surface area contributed by atoms with Crippen molar-refractivity contribution in [3.63, 3.8) is 0 Å². The van der Waals surface area contributed by atoms with Gasteiger partial charge in [-0.05, 0) is 54.3 Å². The fraction of sp³-hybridized carbons (Fsp3) is 0.185. The highest BCUT2D eigenvalue weighted by Gasteiger charge is 2.36. The smallest absolute Gasteiger partial charge is 0.288 e. The molecule has 1 aliphatic heterocycles. The summed E-state index contributed by atoms with van der Waals surface area (Å²) < 4.78 is 17.4. The lowest BCUT2D eigenvalue weighted by atomic mass is 9.97. The van der Waals surface area contributed by atoms with Crippen LogP contribution in [0, 0.1) is 13.8 Å². The summed E-state index contributed by atoms with van der Waals surface area (Å²) in [5.41, 5.74) is 4.09. The summed E-state index contributed by atoms with van der Waals surface area (Å²) >= 11 is 0. The van der Waals surface area contributed by atoms with Gasteiger partial charge in [-0.2, -0.15) is 0 Å². The molecule has 0 bridgehead atoms. The number of fused-ring (bicyclic) bond motifs is 2. The number of benzene rings is 3. The lowest BCUT2D eigenvalue weighted by Gasteiger charge is -2.16. The van der Waals surface area contributed by atoms with Crippen molar-refractivity contribution in [3.05, 3.63) is 104 Å². The lowest BCUT2D eigenvalue weighted by molar-refractivity contribution is 0.0938. The number of rotatable bonds is 5. The van der Waals surface area contributed by atoms with E-state index in [1.54, 1.807) is 25.3 Å². The number of methoxy groups -OCH3 is 1. The number of hydrogen-bond donors (Lipinski definition) is 1. The van der Waals surface area contributed by atoms with Crippen molar-refractivity contribution in [1.82, 2.24) is 5.32 Å². The average Bonchev–Trinajstić information content (AvgIpc) is 3.15. The molecule has 6 heteroatoms. The highest BCUT2D eigenvalue weighted by atomic mass is 16.5. The number of amides is 1. The Hall–Kier alpha value is -4.06. The van der Waals surface area contributed by atoms with Crippen LogP contribution in [0.3, 0.4) is 0 Å². The zero-order chi connectivity index (χ0) is 23.1. The first kappa shape index (κ1) is 20.8. The molecule has 1 aromatic heterocycles. The Morgan fingerprint density at radius 1 is 0.970 bits per heavy atom. The van der Waals surface area contributed by atoms with Crippen molar-refractivity contribution >= 4 is 16.9 Å². The number of hydrogen-bond acceptors (Lipinski definition) is 5. The summed E-state index contributed by atoms with van der Waals surface area (Å²) in [6, 6.07) is 18.3. The molecule has 0 fully saturated rings. The van der Waals surface area contributed by atoms with E-state index in [1.807, 2.05) is 56.3 Å². The molecule has 0 saturated heterocycles. The van der Waals surface area contributed by atoms with Crippen LogP contribution in [0.1, 0.15) is 44.4 Å². The molecular formula is C27H23NO5. The van der Waals surface area contributed by atoms with Gasteiger partial charge in [-0.15, -0.1) is 0 Å². The Morgan fingerprint density at radius 2 is 1.76 bits per heavy atom. The van der Waals surface area contributed by atoms with E-state index < -0.39 is 11.9 Å². The van der Waals surface area contributed by atoms with Gasteiger partial charge in [0.15, 0.2) is 16.9 Å². The zero-order valence-corrected chi connectivity index (χ0v) is 18.6. The number of carbonyl (C=O) groups excluding carboxylic acids is 1. The van der Waals surface area contributed by atoms with Crippen LogP contribution in [0.4, 0.5) is 0 Å². The molecular weight excluding hydrogens is 418 g/mol. The van der Waals surface area contributed by atoms with E-state index in [0.29, 0.717) is 40.2 Å². The number of ether oxygens (including phenoxy) is 2. The van der Waals surface area contributed by atoms with Crippen molar-refractivity contribution in [2.24, 2.45) is 0 Å². The highest BCUT2D eigenvalue weighted by Crippen LogP contribution is 2.36. The average molecular weight is 441 g/mol. The van der Waals surface area contributed by atoms with Gasteiger partial charge >= 0.3 is 0 Å². The van der Waals surface area contributed by atoms with E-state index in [4.69, 9.17) is 13.9 Å². The number of nitrogens with one attached hydrogen (secondary N) is 1. The molecule has 0 aliphatic carbocycles. The topological polar surface area (TPSA) is 77.8 Å². The summed E-state index contributed by atoms with van der Waals surface area (Å²) in [5, 5.41) is 3.36. The van der Waals surface area contributed by atoms with Gasteiger partial charge < -0.3 is 19.2 Å².